The number of nitrogens with one attached hydrogen (secondary N) is 3. The lowest BCUT2D eigenvalue weighted by Crippen LogP contribution is -2.35. The quantitative estimate of drug-likeness (QED) is 0.105. The molecule has 0 aliphatic heterocycles. The number of pyridine rings is 2. The summed E-state index contributed by atoms with van der Waals surface area (Å²) in [6.07, 6.45) is 4.47. The molecule has 0 unspecified atom stereocenters. The molecule has 45 heavy (non-hydrogen) atoms. The Kier molecular flexibility index (Phi) is 8.83. The topological polar surface area (TPSA) is 114 Å². The third-order valence-corrected chi connectivity index (χ3v) is 8.80. The van der Waals surface area contributed by atoms with Crippen molar-refractivity contribution in [1.29, 1.82) is 0 Å². The van der Waals surface area contributed by atoms with E-state index in [0.717, 1.165) is 45.0 Å². The van der Waals surface area contributed by atoms with E-state index < -0.39 is 17.1 Å². The van der Waals surface area contributed by atoms with Crippen LogP contribution in [0.2, 0.25) is 0 Å². The zero-order valence-electron chi connectivity index (χ0n) is 24.9. The first-order valence-corrected chi connectivity index (χ1v) is 15.4. The number of halogens is 1. The molecule has 1 aliphatic rings. The van der Waals surface area contributed by atoms with Crippen molar-refractivity contribution < 1.29 is 23.5 Å². The van der Waals surface area contributed by atoms with Gasteiger partial charge in [0.2, 0.25) is 11.8 Å². The van der Waals surface area contributed by atoms with Crippen molar-refractivity contribution in [1.82, 2.24) is 15.3 Å². The molecule has 0 saturated heterocycles. The zero-order valence-corrected chi connectivity index (χ0v) is 25.7. The number of amides is 2. The van der Waals surface area contributed by atoms with Gasteiger partial charge in [-0.3, -0.25) is 19.6 Å². The highest BCUT2D eigenvalue weighted by Gasteiger charge is 2.56. The Hall–Kier alpha value is -4.71. The number of anilines is 2. The zero-order chi connectivity index (χ0) is 31.4. The minimum Gasteiger partial charge on any atom is -0.455 e. The number of aryl methyl sites for hydroxylation is 1. The van der Waals surface area contributed by atoms with Gasteiger partial charge in [0.1, 0.15) is 22.7 Å². The monoisotopic (exact) mass is 625 g/mol. The van der Waals surface area contributed by atoms with Crippen LogP contribution in [0.4, 0.5) is 15.8 Å². The van der Waals surface area contributed by atoms with Gasteiger partial charge in [0.05, 0.1) is 27.4 Å². The number of rotatable bonds is 12. The van der Waals surface area contributed by atoms with E-state index >= 15 is 0 Å². The van der Waals surface area contributed by atoms with Crippen LogP contribution < -0.4 is 20.7 Å². The lowest BCUT2D eigenvalue weighted by atomic mass is 10.0. The maximum Gasteiger partial charge on any atom is 0.240 e. The number of thiophene rings is 1. The maximum atomic E-state index is 13.2. The number of aromatic nitrogens is 2. The molecule has 6 rings (SSSR count). The SMILES string of the molecule is COCCNCc1ccc(-c2cc3nccc(Oc4ccc(NC(=O)C5(C(=O)Nc6ccc(F)cc6)CC5)cc4C)c3s2)nc1. The lowest BCUT2D eigenvalue weighted by Gasteiger charge is -2.16. The summed E-state index contributed by atoms with van der Waals surface area (Å²) in [6, 6.07) is 18.7. The Morgan fingerprint density at radius 1 is 0.933 bits per heavy atom. The van der Waals surface area contributed by atoms with Gasteiger partial charge in [-0.1, -0.05) is 6.07 Å². The summed E-state index contributed by atoms with van der Waals surface area (Å²) in [5, 5.41) is 8.93. The molecule has 5 aromatic rings. The van der Waals surface area contributed by atoms with E-state index in [1.165, 1.54) is 24.3 Å². The molecule has 11 heteroatoms. The second kappa shape index (κ2) is 13.1. The molecule has 0 radical (unpaired) electrons. The highest BCUT2D eigenvalue weighted by atomic mass is 32.1. The molecule has 1 fully saturated rings. The normalized spacial score (nSPS) is 13.4. The molecule has 2 amide bonds. The van der Waals surface area contributed by atoms with Gasteiger partial charge in [-0.05, 0) is 85.5 Å². The Bertz CT molecular complexity index is 1840. The van der Waals surface area contributed by atoms with Gasteiger partial charge in [0, 0.05) is 50.0 Å². The van der Waals surface area contributed by atoms with Crippen molar-refractivity contribution in [3.05, 3.63) is 96.1 Å². The van der Waals surface area contributed by atoms with E-state index in [1.54, 1.807) is 36.8 Å². The molecule has 3 heterocycles. The van der Waals surface area contributed by atoms with Gasteiger partial charge in [-0.15, -0.1) is 11.3 Å². The van der Waals surface area contributed by atoms with E-state index in [9.17, 15) is 14.0 Å². The van der Waals surface area contributed by atoms with Crippen LogP contribution in [-0.4, -0.2) is 42.0 Å². The molecule has 2 aromatic carbocycles. The van der Waals surface area contributed by atoms with Crippen molar-refractivity contribution in [3.8, 4) is 22.1 Å². The Balaban J connectivity index is 1.12. The third-order valence-electron chi connectivity index (χ3n) is 7.64. The van der Waals surface area contributed by atoms with E-state index in [4.69, 9.17) is 9.47 Å². The smallest absolute Gasteiger partial charge is 0.240 e. The maximum absolute atomic E-state index is 13.2. The van der Waals surface area contributed by atoms with Crippen LogP contribution in [0.5, 0.6) is 11.5 Å². The molecule has 0 spiro atoms. The van der Waals surface area contributed by atoms with Gasteiger partial charge < -0.3 is 25.4 Å². The number of hydrogen-bond donors (Lipinski definition) is 3. The second-order valence-electron chi connectivity index (χ2n) is 10.9. The summed E-state index contributed by atoms with van der Waals surface area (Å²) in [6.45, 7) is 4.05. The average Bonchev–Trinajstić information content (AvgIpc) is 3.75. The van der Waals surface area contributed by atoms with E-state index in [0.29, 0.717) is 42.3 Å². The summed E-state index contributed by atoms with van der Waals surface area (Å²) < 4.78 is 25.5. The fraction of sp³-hybridized carbons (Fsp3) is 0.235. The molecule has 9 nitrogen and oxygen atoms in total. The second-order valence-corrected chi connectivity index (χ2v) is 12.0. The molecule has 3 N–H and O–H groups in total. The van der Waals surface area contributed by atoms with Crippen LogP contribution in [0.1, 0.15) is 24.0 Å². The van der Waals surface area contributed by atoms with Gasteiger partial charge in [-0.2, -0.15) is 0 Å². The van der Waals surface area contributed by atoms with Crippen LogP contribution in [0, 0.1) is 18.2 Å². The predicted octanol–water partition coefficient (Wildman–Crippen LogP) is 6.69. The van der Waals surface area contributed by atoms with E-state index in [1.807, 2.05) is 37.4 Å². The van der Waals surface area contributed by atoms with Crippen molar-refractivity contribution in [2.24, 2.45) is 5.41 Å². The Morgan fingerprint density at radius 2 is 1.69 bits per heavy atom. The van der Waals surface area contributed by atoms with Crippen LogP contribution in [0.15, 0.2) is 79.1 Å². The van der Waals surface area contributed by atoms with Crippen molar-refractivity contribution in [2.45, 2.75) is 26.3 Å². The van der Waals surface area contributed by atoms with E-state index in [-0.39, 0.29) is 5.91 Å². The number of ether oxygens (including phenoxy) is 2. The number of fused-ring (bicyclic) bond motifs is 1. The molecular formula is C34H32FN5O4S. The van der Waals surface area contributed by atoms with Crippen LogP contribution in [0.25, 0.3) is 20.8 Å². The number of benzene rings is 2. The standard InChI is InChI=1S/C34H32FN5O4S/c1-21-17-25(40-33(42)34(12-13-34)32(41)39-24-6-4-23(35)5-7-24)8-10-28(21)44-29-11-14-37-27-18-30(45-31(27)29)26-9-3-22(20-38-26)19-36-15-16-43-2/h3-11,14,17-18,20,36H,12-13,15-16,19H2,1-2H3,(H,39,41)(H,40,42). The lowest BCUT2D eigenvalue weighted by molar-refractivity contribution is -0.131. The number of nitrogens with zero attached hydrogens (tertiary/aromatic N) is 2. The summed E-state index contributed by atoms with van der Waals surface area (Å²) in [5.41, 5.74) is 3.44. The molecule has 1 saturated carbocycles. The predicted molar refractivity (Wildman–Crippen MR) is 173 cm³/mol. The molecular weight excluding hydrogens is 593 g/mol. The highest BCUT2D eigenvalue weighted by molar-refractivity contribution is 7.22. The number of hydrogen-bond acceptors (Lipinski definition) is 8. The molecule has 0 atom stereocenters. The first-order chi connectivity index (χ1) is 21.8. The fourth-order valence-electron chi connectivity index (χ4n) is 4.88. The summed E-state index contributed by atoms with van der Waals surface area (Å²) >= 11 is 1.56. The van der Waals surface area contributed by atoms with Crippen LogP contribution >= 0.6 is 11.3 Å². The van der Waals surface area contributed by atoms with Gasteiger partial charge >= 0.3 is 0 Å². The summed E-state index contributed by atoms with van der Waals surface area (Å²) in [7, 11) is 1.68. The number of methoxy groups -OCH3 is 1. The van der Waals surface area contributed by atoms with Gasteiger partial charge in [0.25, 0.3) is 0 Å². The van der Waals surface area contributed by atoms with Crippen LogP contribution in [0.3, 0.4) is 0 Å². The fourth-order valence-corrected chi connectivity index (χ4v) is 5.92. The Morgan fingerprint density at radius 3 is 2.38 bits per heavy atom. The summed E-state index contributed by atoms with van der Waals surface area (Å²) in [4.78, 5) is 36.2. The largest absolute Gasteiger partial charge is 0.455 e. The first-order valence-electron chi connectivity index (χ1n) is 14.6. The molecule has 230 valence electrons. The summed E-state index contributed by atoms with van der Waals surface area (Å²) in [5.74, 6) is 0.130. The van der Waals surface area contributed by atoms with Gasteiger partial charge in [-0.25, -0.2) is 4.39 Å². The van der Waals surface area contributed by atoms with E-state index in [2.05, 4.69) is 32.0 Å². The molecule has 3 aromatic heterocycles. The average molecular weight is 626 g/mol. The molecule has 1 aliphatic carbocycles. The van der Waals surface area contributed by atoms with Crippen molar-refractivity contribution in [3.63, 3.8) is 0 Å². The Labute approximate surface area is 263 Å². The van der Waals surface area contributed by atoms with Crippen LogP contribution in [-0.2, 0) is 20.9 Å². The van der Waals surface area contributed by atoms with Crippen molar-refractivity contribution >= 4 is 44.7 Å². The molecule has 0 bridgehead atoms. The minimum absolute atomic E-state index is 0.374. The van der Waals surface area contributed by atoms with Crippen molar-refractivity contribution in [2.75, 3.05) is 30.9 Å². The number of carbonyl (C=O) groups excluding carboxylic acids is 2. The first kappa shape index (κ1) is 30.3. The number of carbonyl (C=O) groups is 2. The highest BCUT2D eigenvalue weighted by Crippen LogP contribution is 2.48. The van der Waals surface area contributed by atoms with Gasteiger partial charge in [0.15, 0.2) is 0 Å². The minimum atomic E-state index is -1.15. The third kappa shape index (κ3) is 6.85.